The minimum Gasteiger partial charge on any atom is -0.497 e. The third-order valence-corrected chi connectivity index (χ3v) is 3.74. The third-order valence-electron chi connectivity index (χ3n) is 3.74. The van der Waals surface area contributed by atoms with Crippen LogP contribution in [0.1, 0.15) is 11.3 Å². The number of carbonyl (C=O) groups excluding carboxylic acids is 1. The van der Waals surface area contributed by atoms with Crippen molar-refractivity contribution in [3.05, 3.63) is 72.1 Å². The fraction of sp³-hybridized carbons (Fsp3) is 0.150. The van der Waals surface area contributed by atoms with Crippen LogP contribution < -0.4 is 10.1 Å². The molecular weight excluding hydrogens is 314 g/mol. The van der Waals surface area contributed by atoms with Gasteiger partial charge < -0.3 is 10.1 Å². The molecular formula is C20H19N3O2. The van der Waals surface area contributed by atoms with Gasteiger partial charge in [-0.25, -0.2) is 4.98 Å². The number of nitrogens with one attached hydrogen (secondary N) is 1. The summed E-state index contributed by atoms with van der Waals surface area (Å²) in [7, 11) is 1.64. The highest BCUT2D eigenvalue weighted by molar-refractivity contribution is 5.91. The lowest BCUT2D eigenvalue weighted by atomic mass is 10.1. The molecule has 1 N–H and O–H groups in total. The van der Waals surface area contributed by atoms with Crippen LogP contribution in [0.25, 0.3) is 17.1 Å². The number of nitrogens with zero attached hydrogens (tertiary/aromatic N) is 2. The number of benzene rings is 2. The standard InChI is InChI=1S/C20H19N3O2/c1-25-17-9-6-15(7-10-17)12-13-21-20(24)11-8-16-14-22-18-4-2-3-5-19(18)23-16/h2-11,14H,12-13H2,1H3,(H,21,24)/b11-8+. The molecule has 5 nitrogen and oxygen atoms in total. The minimum atomic E-state index is -0.150. The van der Waals surface area contributed by atoms with Gasteiger partial charge in [0.2, 0.25) is 5.91 Å². The van der Waals surface area contributed by atoms with E-state index in [-0.39, 0.29) is 5.91 Å². The van der Waals surface area contributed by atoms with Crippen molar-refractivity contribution in [3.8, 4) is 5.75 Å². The Kier molecular flexibility index (Phi) is 5.36. The van der Waals surface area contributed by atoms with Crippen molar-refractivity contribution in [1.29, 1.82) is 0 Å². The molecule has 3 rings (SSSR count). The molecule has 0 saturated carbocycles. The summed E-state index contributed by atoms with van der Waals surface area (Å²) in [5, 5.41) is 2.86. The van der Waals surface area contributed by atoms with Gasteiger partial charge in [-0.2, -0.15) is 0 Å². The molecule has 126 valence electrons. The molecule has 25 heavy (non-hydrogen) atoms. The second-order valence-corrected chi connectivity index (χ2v) is 5.51. The van der Waals surface area contributed by atoms with Gasteiger partial charge in [0, 0.05) is 12.6 Å². The van der Waals surface area contributed by atoms with Crippen molar-refractivity contribution < 1.29 is 9.53 Å². The predicted octanol–water partition coefficient (Wildman–Crippen LogP) is 3.01. The van der Waals surface area contributed by atoms with E-state index < -0.39 is 0 Å². The van der Waals surface area contributed by atoms with Crippen LogP contribution in [0, 0.1) is 0 Å². The number of carbonyl (C=O) groups is 1. The van der Waals surface area contributed by atoms with Crippen molar-refractivity contribution in [2.45, 2.75) is 6.42 Å². The maximum atomic E-state index is 11.9. The van der Waals surface area contributed by atoms with Crippen LogP contribution in [0.15, 0.2) is 60.8 Å². The Balaban J connectivity index is 1.51. The van der Waals surface area contributed by atoms with Crippen LogP contribution in [0.4, 0.5) is 0 Å². The van der Waals surface area contributed by atoms with Crippen molar-refractivity contribution in [1.82, 2.24) is 15.3 Å². The molecule has 0 atom stereocenters. The van der Waals surface area contributed by atoms with Gasteiger partial charge in [-0.05, 0) is 42.3 Å². The third kappa shape index (κ3) is 4.64. The first-order valence-electron chi connectivity index (χ1n) is 8.05. The van der Waals surface area contributed by atoms with Crippen molar-refractivity contribution in [3.63, 3.8) is 0 Å². The van der Waals surface area contributed by atoms with Gasteiger partial charge in [-0.3, -0.25) is 9.78 Å². The van der Waals surface area contributed by atoms with Gasteiger partial charge in [-0.15, -0.1) is 0 Å². The maximum Gasteiger partial charge on any atom is 0.244 e. The lowest BCUT2D eigenvalue weighted by molar-refractivity contribution is -0.116. The molecule has 0 aliphatic rings. The molecule has 1 aromatic heterocycles. The number of para-hydroxylation sites is 2. The molecule has 5 heteroatoms. The smallest absolute Gasteiger partial charge is 0.244 e. The Morgan fingerprint density at radius 1 is 1.12 bits per heavy atom. The number of rotatable bonds is 6. The number of aromatic nitrogens is 2. The van der Waals surface area contributed by atoms with Crippen molar-refractivity contribution in [2.24, 2.45) is 0 Å². The molecule has 0 unspecified atom stereocenters. The molecule has 0 aliphatic heterocycles. The van der Waals surface area contributed by atoms with Gasteiger partial charge in [0.15, 0.2) is 0 Å². The highest BCUT2D eigenvalue weighted by Gasteiger charge is 1.99. The normalized spacial score (nSPS) is 10.9. The average Bonchev–Trinajstić information content (AvgIpc) is 2.67. The number of hydrogen-bond acceptors (Lipinski definition) is 4. The molecule has 1 heterocycles. The van der Waals surface area contributed by atoms with E-state index in [0.29, 0.717) is 12.2 Å². The first-order valence-corrected chi connectivity index (χ1v) is 8.05. The average molecular weight is 333 g/mol. The summed E-state index contributed by atoms with van der Waals surface area (Å²) < 4.78 is 5.12. The van der Waals surface area contributed by atoms with E-state index in [2.05, 4.69) is 15.3 Å². The lowest BCUT2D eigenvalue weighted by Crippen LogP contribution is -2.23. The fourth-order valence-electron chi connectivity index (χ4n) is 2.39. The lowest BCUT2D eigenvalue weighted by Gasteiger charge is -2.04. The summed E-state index contributed by atoms with van der Waals surface area (Å²) in [5.41, 5.74) is 3.45. The van der Waals surface area contributed by atoms with Gasteiger partial charge >= 0.3 is 0 Å². The number of amides is 1. The molecule has 0 saturated heterocycles. The maximum absolute atomic E-state index is 11.9. The van der Waals surface area contributed by atoms with Gasteiger partial charge in [0.25, 0.3) is 0 Å². The van der Waals surface area contributed by atoms with Crippen molar-refractivity contribution >= 4 is 23.0 Å². The Morgan fingerprint density at radius 3 is 2.64 bits per heavy atom. The molecule has 0 aliphatic carbocycles. The Hall–Kier alpha value is -3.21. The predicted molar refractivity (Wildman–Crippen MR) is 98.3 cm³/mol. The van der Waals surface area contributed by atoms with Crippen LogP contribution in [0.5, 0.6) is 5.75 Å². The largest absolute Gasteiger partial charge is 0.497 e. The first-order chi connectivity index (χ1) is 12.2. The van der Waals surface area contributed by atoms with E-state index >= 15 is 0 Å². The summed E-state index contributed by atoms with van der Waals surface area (Å²) in [6.07, 6.45) is 5.57. The number of methoxy groups -OCH3 is 1. The minimum absolute atomic E-state index is 0.150. The zero-order valence-corrected chi connectivity index (χ0v) is 14.0. The highest BCUT2D eigenvalue weighted by atomic mass is 16.5. The van der Waals surface area contributed by atoms with E-state index in [1.54, 1.807) is 19.4 Å². The molecule has 0 bridgehead atoms. The molecule has 0 spiro atoms. The van der Waals surface area contributed by atoms with Crippen LogP contribution in [0.3, 0.4) is 0 Å². The second kappa shape index (κ2) is 8.06. The van der Waals surface area contributed by atoms with E-state index in [9.17, 15) is 4.79 Å². The van der Waals surface area contributed by atoms with Gasteiger partial charge in [0.05, 0.1) is 30.0 Å². The Morgan fingerprint density at radius 2 is 1.88 bits per heavy atom. The summed E-state index contributed by atoms with van der Waals surface area (Å²) in [4.78, 5) is 20.7. The second-order valence-electron chi connectivity index (χ2n) is 5.51. The fourth-order valence-corrected chi connectivity index (χ4v) is 2.39. The SMILES string of the molecule is COc1ccc(CCNC(=O)/C=C/c2cnc3ccccc3n2)cc1. The van der Waals surface area contributed by atoms with E-state index in [1.807, 2.05) is 48.5 Å². The number of ether oxygens (including phenoxy) is 1. The van der Waals surface area contributed by atoms with Gasteiger partial charge in [-0.1, -0.05) is 24.3 Å². The Bertz CT molecular complexity index is 889. The molecule has 0 radical (unpaired) electrons. The summed E-state index contributed by atoms with van der Waals surface area (Å²) >= 11 is 0. The first kappa shape index (κ1) is 16.6. The van der Waals surface area contributed by atoms with Crippen LogP contribution >= 0.6 is 0 Å². The number of hydrogen-bond donors (Lipinski definition) is 1. The summed E-state index contributed by atoms with van der Waals surface area (Å²) in [6, 6.07) is 15.4. The zero-order valence-electron chi connectivity index (χ0n) is 14.0. The van der Waals surface area contributed by atoms with E-state index in [1.165, 1.54) is 6.08 Å². The van der Waals surface area contributed by atoms with Crippen molar-refractivity contribution in [2.75, 3.05) is 13.7 Å². The quantitative estimate of drug-likeness (QED) is 0.704. The van der Waals surface area contributed by atoms with Gasteiger partial charge in [0.1, 0.15) is 5.75 Å². The Labute approximate surface area is 146 Å². The van der Waals surface area contributed by atoms with E-state index in [0.717, 1.165) is 28.8 Å². The van der Waals surface area contributed by atoms with Crippen LogP contribution in [-0.2, 0) is 11.2 Å². The molecule has 2 aromatic carbocycles. The zero-order chi connectivity index (χ0) is 17.5. The monoisotopic (exact) mass is 333 g/mol. The number of fused-ring (bicyclic) bond motifs is 1. The highest BCUT2D eigenvalue weighted by Crippen LogP contribution is 2.11. The summed E-state index contributed by atoms with van der Waals surface area (Å²) in [6.45, 7) is 0.568. The van der Waals surface area contributed by atoms with E-state index in [4.69, 9.17) is 4.74 Å². The van der Waals surface area contributed by atoms with Crippen LogP contribution in [0.2, 0.25) is 0 Å². The topological polar surface area (TPSA) is 64.1 Å². The molecule has 3 aromatic rings. The summed E-state index contributed by atoms with van der Waals surface area (Å²) in [5.74, 6) is 0.677. The molecule has 1 amide bonds. The molecule has 0 fully saturated rings. The van der Waals surface area contributed by atoms with Crippen LogP contribution in [-0.4, -0.2) is 29.5 Å².